The predicted molar refractivity (Wildman–Crippen MR) is 67.6 cm³/mol. The van der Waals surface area contributed by atoms with Crippen LogP contribution in [-0.2, 0) is 4.74 Å². The fourth-order valence-corrected chi connectivity index (χ4v) is 2.07. The van der Waals surface area contributed by atoms with Crippen molar-refractivity contribution < 1.29 is 9.84 Å². The first-order valence-electron chi connectivity index (χ1n) is 5.71. The van der Waals surface area contributed by atoms with Crippen LogP contribution in [0.4, 0.5) is 0 Å². The largest absolute Gasteiger partial charge is 0.388 e. The maximum Gasteiger partial charge on any atom is 0.330 e. The molecule has 0 aliphatic carbocycles. The number of nitrogens with one attached hydrogen (secondary N) is 1. The van der Waals surface area contributed by atoms with E-state index in [1.165, 1.54) is 6.20 Å². The summed E-state index contributed by atoms with van der Waals surface area (Å²) >= 11 is 0. The second kappa shape index (κ2) is 5.63. The number of aromatic nitrogens is 2. The molecular weight excluding hydrogens is 266 g/mol. The summed E-state index contributed by atoms with van der Waals surface area (Å²) in [4.78, 5) is 27.4. The summed E-state index contributed by atoms with van der Waals surface area (Å²) in [6.45, 7) is 0. The quantitative estimate of drug-likeness (QED) is 0.333. The van der Waals surface area contributed by atoms with Crippen LogP contribution in [-0.4, -0.2) is 32.9 Å². The average Bonchev–Trinajstić information content (AvgIpc) is 2.69. The summed E-state index contributed by atoms with van der Waals surface area (Å²) in [6.07, 6.45) is 3.48. The van der Waals surface area contributed by atoms with Crippen molar-refractivity contribution in [2.75, 3.05) is 0 Å². The van der Waals surface area contributed by atoms with Crippen LogP contribution in [0.1, 0.15) is 12.6 Å². The molecule has 2 heterocycles. The molecule has 1 aliphatic rings. The van der Waals surface area contributed by atoms with Gasteiger partial charge in [0.05, 0.1) is 12.1 Å². The minimum Gasteiger partial charge on any atom is -0.388 e. The number of azide groups is 1. The maximum absolute atomic E-state index is 11.7. The van der Waals surface area contributed by atoms with Crippen LogP contribution in [0.2, 0.25) is 0 Å². The summed E-state index contributed by atoms with van der Waals surface area (Å²) in [5, 5.41) is 13.6. The fourth-order valence-electron chi connectivity index (χ4n) is 2.07. The van der Waals surface area contributed by atoms with E-state index in [2.05, 4.69) is 15.9 Å². The van der Waals surface area contributed by atoms with Gasteiger partial charge in [0.15, 0.2) is 6.23 Å². The number of terminal acetylenes is 1. The van der Waals surface area contributed by atoms with E-state index in [1.54, 1.807) is 0 Å². The smallest absolute Gasteiger partial charge is 0.330 e. The van der Waals surface area contributed by atoms with E-state index < -0.39 is 35.7 Å². The zero-order chi connectivity index (χ0) is 14.7. The minimum atomic E-state index is -1.24. The molecule has 9 heteroatoms. The van der Waals surface area contributed by atoms with Gasteiger partial charge in [0.2, 0.25) is 0 Å². The van der Waals surface area contributed by atoms with E-state index in [4.69, 9.17) is 16.7 Å². The van der Waals surface area contributed by atoms with Crippen molar-refractivity contribution in [1.29, 1.82) is 0 Å². The zero-order valence-corrected chi connectivity index (χ0v) is 10.2. The molecule has 2 N–H and O–H groups in total. The second-order valence-corrected chi connectivity index (χ2v) is 4.18. The van der Waals surface area contributed by atoms with Crippen molar-refractivity contribution in [2.24, 2.45) is 5.11 Å². The van der Waals surface area contributed by atoms with Gasteiger partial charge >= 0.3 is 5.69 Å². The van der Waals surface area contributed by atoms with Crippen molar-refractivity contribution in [2.45, 2.75) is 30.9 Å². The van der Waals surface area contributed by atoms with Gasteiger partial charge in [-0.15, -0.1) is 12.3 Å². The third kappa shape index (κ3) is 2.44. The molecule has 0 amide bonds. The number of ether oxygens (including phenoxy) is 1. The molecule has 1 aromatic rings. The first-order valence-corrected chi connectivity index (χ1v) is 5.71. The zero-order valence-electron chi connectivity index (χ0n) is 10.2. The summed E-state index contributed by atoms with van der Waals surface area (Å²) in [6, 6.07) is 0.217. The number of hydrogen-bond donors (Lipinski definition) is 2. The van der Waals surface area contributed by atoms with Crippen LogP contribution < -0.4 is 11.2 Å². The van der Waals surface area contributed by atoms with Crippen molar-refractivity contribution in [3.05, 3.63) is 43.5 Å². The first-order chi connectivity index (χ1) is 9.58. The van der Waals surface area contributed by atoms with Crippen LogP contribution in [0.15, 0.2) is 27.0 Å². The van der Waals surface area contributed by atoms with Gasteiger partial charge < -0.3 is 9.84 Å². The Bertz CT molecular complexity index is 696. The summed E-state index contributed by atoms with van der Waals surface area (Å²) in [5.74, 6) is 2.35. The lowest BCUT2D eigenvalue weighted by Gasteiger charge is -2.16. The predicted octanol–water partition coefficient (Wildman–Crippen LogP) is -0.503. The molecule has 0 radical (unpaired) electrons. The normalized spacial score (nSPS) is 28.6. The van der Waals surface area contributed by atoms with Gasteiger partial charge in [0.25, 0.3) is 5.56 Å². The number of aliphatic hydroxyl groups is 1. The van der Waals surface area contributed by atoms with Crippen LogP contribution >= 0.6 is 0 Å². The van der Waals surface area contributed by atoms with Crippen molar-refractivity contribution in [3.8, 4) is 12.3 Å². The number of rotatable bonds is 3. The average molecular weight is 277 g/mol. The summed E-state index contributed by atoms with van der Waals surface area (Å²) < 4.78 is 6.49. The third-order valence-electron chi connectivity index (χ3n) is 2.97. The van der Waals surface area contributed by atoms with Crippen molar-refractivity contribution >= 4 is 0 Å². The summed E-state index contributed by atoms with van der Waals surface area (Å²) in [7, 11) is 0. The topological polar surface area (TPSA) is 133 Å². The Kier molecular flexibility index (Phi) is 3.91. The van der Waals surface area contributed by atoms with Crippen molar-refractivity contribution in [3.63, 3.8) is 0 Å². The van der Waals surface area contributed by atoms with E-state index in [0.29, 0.717) is 0 Å². The van der Waals surface area contributed by atoms with Gasteiger partial charge in [-0.2, -0.15) is 0 Å². The van der Waals surface area contributed by atoms with E-state index in [1.807, 2.05) is 4.98 Å². The number of aromatic amines is 1. The molecule has 20 heavy (non-hydrogen) atoms. The summed E-state index contributed by atoms with van der Waals surface area (Å²) in [5.41, 5.74) is 7.20. The minimum absolute atomic E-state index is 0.120. The lowest BCUT2D eigenvalue weighted by atomic mass is 10.1. The Morgan fingerprint density at radius 1 is 1.65 bits per heavy atom. The molecule has 2 rings (SSSR count). The Balaban J connectivity index is 2.38. The Labute approximate surface area is 112 Å². The van der Waals surface area contributed by atoms with Gasteiger partial charge in [-0.1, -0.05) is 5.11 Å². The Morgan fingerprint density at radius 3 is 3.00 bits per heavy atom. The highest BCUT2D eigenvalue weighted by Gasteiger charge is 2.44. The maximum atomic E-state index is 11.7. The van der Waals surface area contributed by atoms with Gasteiger partial charge in [-0.3, -0.25) is 14.3 Å². The molecule has 4 atom stereocenters. The van der Waals surface area contributed by atoms with E-state index in [-0.39, 0.29) is 6.42 Å². The lowest BCUT2D eigenvalue weighted by Crippen LogP contribution is -2.36. The molecule has 1 fully saturated rings. The van der Waals surface area contributed by atoms with Crippen molar-refractivity contribution in [1.82, 2.24) is 9.55 Å². The van der Waals surface area contributed by atoms with E-state index >= 15 is 0 Å². The highest BCUT2D eigenvalue weighted by molar-refractivity contribution is 5.01. The molecule has 1 aromatic heterocycles. The fraction of sp³-hybridized carbons (Fsp3) is 0.455. The third-order valence-corrected chi connectivity index (χ3v) is 2.97. The number of aliphatic hydroxyl groups excluding tert-OH is 1. The van der Waals surface area contributed by atoms with Crippen LogP contribution in [0.5, 0.6) is 0 Å². The molecule has 0 saturated carbocycles. The van der Waals surface area contributed by atoms with Crippen LogP contribution in [0.3, 0.4) is 0 Å². The molecule has 104 valence electrons. The number of hydrogen-bond acceptors (Lipinski definition) is 5. The Morgan fingerprint density at radius 2 is 2.40 bits per heavy atom. The van der Waals surface area contributed by atoms with Crippen LogP contribution in [0, 0.1) is 12.3 Å². The Hall–Kier alpha value is -2.53. The SMILES string of the molecule is C#CC[C@H]1O[C@@H](n2ccc(=O)[nH]c2=O)[C@H](O)[C@@H]1N=[N+]=[N-]. The monoisotopic (exact) mass is 277 g/mol. The van der Waals surface area contributed by atoms with Gasteiger partial charge in [-0.25, -0.2) is 4.79 Å². The molecule has 1 saturated heterocycles. The molecular formula is C11H11N5O4. The molecule has 0 unspecified atom stereocenters. The second-order valence-electron chi connectivity index (χ2n) is 4.18. The van der Waals surface area contributed by atoms with Crippen LogP contribution in [0.25, 0.3) is 10.4 Å². The molecule has 0 spiro atoms. The highest BCUT2D eigenvalue weighted by Crippen LogP contribution is 2.31. The molecule has 0 aromatic carbocycles. The standard InChI is InChI=1S/C11H11N5O4/c1-2-3-6-8(14-15-12)9(18)10(20-6)16-5-4-7(17)13-11(16)19/h1,4-6,8-10,18H,3H2,(H,13,17,19)/t6-,8-,9-,10-/m1/s1. The molecule has 1 aliphatic heterocycles. The van der Waals surface area contributed by atoms with Gasteiger partial charge in [0.1, 0.15) is 6.10 Å². The lowest BCUT2D eigenvalue weighted by molar-refractivity contribution is -0.0383. The first kappa shape index (κ1) is 13.9. The van der Waals surface area contributed by atoms with E-state index in [0.717, 1.165) is 10.6 Å². The molecule has 0 bridgehead atoms. The van der Waals surface area contributed by atoms with Gasteiger partial charge in [-0.05, 0) is 5.53 Å². The van der Waals surface area contributed by atoms with Gasteiger partial charge in [0, 0.05) is 23.6 Å². The highest BCUT2D eigenvalue weighted by atomic mass is 16.5. The molecule has 9 nitrogen and oxygen atoms in total. The van der Waals surface area contributed by atoms with E-state index in [9.17, 15) is 14.7 Å². The number of H-pyrrole nitrogens is 1. The number of nitrogens with zero attached hydrogens (tertiary/aromatic N) is 4.